The van der Waals surface area contributed by atoms with E-state index in [4.69, 9.17) is 17.3 Å². The lowest BCUT2D eigenvalue weighted by atomic mass is 10.0. The summed E-state index contributed by atoms with van der Waals surface area (Å²) in [4.78, 5) is 25.1. The van der Waals surface area contributed by atoms with Gasteiger partial charge in [-0.2, -0.15) is 0 Å². The summed E-state index contributed by atoms with van der Waals surface area (Å²) in [6, 6.07) is 16.0. The van der Waals surface area contributed by atoms with E-state index in [-0.39, 0.29) is 5.91 Å². The van der Waals surface area contributed by atoms with Crippen LogP contribution in [0.15, 0.2) is 54.6 Å². The fraction of sp³-hybridized carbons (Fsp3) is 0.391. The minimum absolute atomic E-state index is 0.313. The SMILES string of the molecule is CC(C)C[C@H](NCCc1ccccc1)C(=O)NC(=O)[C@@H](N)Cc1ccc(Cl)cc1. The summed E-state index contributed by atoms with van der Waals surface area (Å²) < 4.78 is 0. The number of imide groups is 1. The molecule has 6 heteroatoms. The zero-order chi connectivity index (χ0) is 21.2. The number of carbonyl (C=O) groups excluding carboxylic acids is 2. The summed E-state index contributed by atoms with van der Waals surface area (Å²) in [5.74, 6) is -0.486. The van der Waals surface area contributed by atoms with Crippen molar-refractivity contribution < 1.29 is 9.59 Å². The van der Waals surface area contributed by atoms with Crippen molar-refractivity contribution in [1.29, 1.82) is 0 Å². The van der Waals surface area contributed by atoms with Gasteiger partial charge >= 0.3 is 0 Å². The first-order valence-corrected chi connectivity index (χ1v) is 10.3. The van der Waals surface area contributed by atoms with Crippen molar-refractivity contribution in [2.75, 3.05) is 6.54 Å². The molecule has 2 amide bonds. The lowest BCUT2D eigenvalue weighted by Gasteiger charge is -2.21. The number of hydrogen-bond donors (Lipinski definition) is 3. The van der Waals surface area contributed by atoms with Crippen molar-refractivity contribution in [3.8, 4) is 0 Å². The fourth-order valence-electron chi connectivity index (χ4n) is 3.06. The zero-order valence-electron chi connectivity index (χ0n) is 17.0. The van der Waals surface area contributed by atoms with Crippen molar-refractivity contribution in [3.63, 3.8) is 0 Å². The molecule has 2 atom stereocenters. The van der Waals surface area contributed by atoms with Crippen molar-refractivity contribution in [2.24, 2.45) is 11.7 Å². The molecule has 0 unspecified atom stereocenters. The van der Waals surface area contributed by atoms with Crippen LogP contribution < -0.4 is 16.4 Å². The second kappa shape index (κ2) is 11.7. The van der Waals surface area contributed by atoms with Gasteiger partial charge < -0.3 is 11.1 Å². The highest BCUT2D eigenvalue weighted by Gasteiger charge is 2.23. The Morgan fingerprint density at radius 3 is 2.24 bits per heavy atom. The molecule has 0 aromatic heterocycles. The van der Waals surface area contributed by atoms with Gasteiger partial charge in [0.25, 0.3) is 0 Å². The van der Waals surface area contributed by atoms with Crippen LogP contribution in [0.2, 0.25) is 5.02 Å². The third-order valence-corrected chi connectivity index (χ3v) is 4.87. The average Bonchev–Trinajstić information content (AvgIpc) is 2.69. The van der Waals surface area contributed by atoms with E-state index in [1.807, 2.05) is 44.2 Å². The first kappa shape index (κ1) is 23.1. The number of halogens is 1. The molecule has 0 radical (unpaired) electrons. The van der Waals surface area contributed by atoms with E-state index in [1.54, 1.807) is 12.1 Å². The molecule has 4 N–H and O–H groups in total. The number of rotatable bonds is 10. The van der Waals surface area contributed by atoms with E-state index in [0.717, 1.165) is 12.0 Å². The van der Waals surface area contributed by atoms with Crippen LogP contribution in [0.5, 0.6) is 0 Å². The first-order chi connectivity index (χ1) is 13.8. The summed E-state index contributed by atoms with van der Waals surface area (Å²) in [5.41, 5.74) is 8.09. The highest BCUT2D eigenvalue weighted by molar-refractivity contribution is 6.30. The van der Waals surface area contributed by atoms with Crippen LogP contribution in [-0.4, -0.2) is 30.4 Å². The molecule has 2 rings (SSSR count). The van der Waals surface area contributed by atoms with Crippen LogP contribution in [-0.2, 0) is 22.4 Å². The largest absolute Gasteiger partial charge is 0.320 e. The number of benzene rings is 2. The van der Waals surface area contributed by atoms with Crippen molar-refractivity contribution in [2.45, 2.75) is 45.2 Å². The van der Waals surface area contributed by atoms with Crippen LogP contribution >= 0.6 is 11.6 Å². The van der Waals surface area contributed by atoms with Crippen molar-refractivity contribution >= 4 is 23.4 Å². The van der Waals surface area contributed by atoms with Gasteiger partial charge in [-0.1, -0.05) is 67.9 Å². The van der Waals surface area contributed by atoms with Gasteiger partial charge in [0.05, 0.1) is 12.1 Å². The molecular weight excluding hydrogens is 386 g/mol. The molecule has 0 heterocycles. The van der Waals surface area contributed by atoms with Gasteiger partial charge in [0.15, 0.2) is 0 Å². The summed E-state index contributed by atoms with van der Waals surface area (Å²) in [7, 11) is 0. The van der Waals surface area contributed by atoms with Gasteiger partial charge in [-0.15, -0.1) is 0 Å². The maximum absolute atomic E-state index is 12.7. The molecule has 0 fully saturated rings. The van der Waals surface area contributed by atoms with Crippen LogP contribution in [0, 0.1) is 5.92 Å². The molecule has 0 aliphatic rings. The quantitative estimate of drug-likeness (QED) is 0.556. The first-order valence-electron chi connectivity index (χ1n) is 9.97. The molecule has 0 saturated carbocycles. The van der Waals surface area contributed by atoms with Crippen LogP contribution in [0.4, 0.5) is 0 Å². The van der Waals surface area contributed by atoms with Gasteiger partial charge in [-0.3, -0.25) is 14.9 Å². The zero-order valence-corrected chi connectivity index (χ0v) is 17.8. The predicted molar refractivity (Wildman–Crippen MR) is 118 cm³/mol. The molecule has 0 saturated heterocycles. The van der Waals surface area contributed by atoms with Crippen LogP contribution in [0.25, 0.3) is 0 Å². The van der Waals surface area contributed by atoms with Crippen molar-refractivity contribution in [3.05, 3.63) is 70.7 Å². The van der Waals surface area contributed by atoms with Gasteiger partial charge in [0.1, 0.15) is 0 Å². The Morgan fingerprint density at radius 2 is 1.62 bits per heavy atom. The number of nitrogens with two attached hydrogens (primary N) is 1. The fourth-order valence-corrected chi connectivity index (χ4v) is 3.18. The summed E-state index contributed by atoms with van der Waals surface area (Å²) in [6.45, 7) is 4.75. The monoisotopic (exact) mass is 415 g/mol. The maximum Gasteiger partial charge on any atom is 0.243 e. The number of amides is 2. The molecule has 5 nitrogen and oxygen atoms in total. The Labute approximate surface area is 178 Å². The minimum atomic E-state index is -0.802. The summed E-state index contributed by atoms with van der Waals surface area (Å²) >= 11 is 5.87. The smallest absolute Gasteiger partial charge is 0.243 e. The third-order valence-electron chi connectivity index (χ3n) is 4.62. The highest BCUT2D eigenvalue weighted by atomic mass is 35.5. The molecule has 29 heavy (non-hydrogen) atoms. The highest BCUT2D eigenvalue weighted by Crippen LogP contribution is 2.11. The average molecular weight is 416 g/mol. The number of carbonyl (C=O) groups is 2. The minimum Gasteiger partial charge on any atom is -0.320 e. The Hall–Kier alpha value is -2.21. The molecule has 0 bridgehead atoms. The second-order valence-electron chi connectivity index (χ2n) is 7.66. The molecule has 156 valence electrons. The molecule has 0 aliphatic heterocycles. The molecule has 2 aromatic rings. The second-order valence-corrected chi connectivity index (χ2v) is 8.10. The number of hydrogen-bond acceptors (Lipinski definition) is 4. The molecular formula is C23H30ClN3O2. The standard InChI is InChI=1S/C23H30ClN3O2/c1-16(2)14-21(26-13-12-17-6-4-3-5-7-17)23(29)27-22(28)20(25)15-18-8-10-19(24)11-9-18/h3-11,16,20-21,26H,12-15,25H2,1-2H3,(H,27,28,29)/t20-,21-/m0/s1. The molecule has 0 spiro atoms. The normalized spacial score (nSPS) is 13.1. The molecule has 2 aromatic carbocycles. The third kappa shape index (κ3) is 8.36. The van der Waals surface area contributed by atoms with E-state index in [0.29, 0.717) is 30.3 Å². The Kier molecular flexibility index (Phi) is 9.32. The number of nitrogens with one attached hydrogen (secondary N) is 2. The topological polar surface area (TPSA) is 84.2 Å². The van der Waals surface area contributed by atoms with E-state index in [9.17, 15) is 9.59 Å². The Balaban J connectivity index is 1.88. The molecule has 0 aliphatic carbocycles. The van der Waals surface area contributed by atoms with Crippen molar-refractivity contribution in [1.82, 2.24) is 10.6 Å². The Bertz CT molecular complexity index is 778. The van der Waals surface area contributed by atoms with E-state index in [2.05, 4.69) is 22.8 Å². The van der Waals surface area contributed by atoms with Gasteiger partial charge in [-0.05, 0) is 55.0 Å². The van der Waals surface area contributed by atoms with Gasteiger partial charge in [0, 0.05) is 5.02 Å². The van der Waals surface area contributed by atoms with Gasteiger partial charge in [0.2, 0.25) is 11.8 Å². The summed E-state index contributed by atoms with van der Waals surface area (Å²) in [6.07, 6.45) is 1.79. The summed E-state index contributed by atoms with van der Waals surface area (Å²) in [5, 5.41) is 6.38. The van der Waals surface area contributed by atoms with Crippen LogP contribution in [0.1, 0.15) is 31.4 Å². The maximum atomic E-state index is 12.7. The lowest BCUT2D eigenvalue weighted by molar-refractivity contribution is -0.132. The van der Waals surface area contributed by atoms with Gasteiger partial charge in [-0.25, -0.2) is 0 Å². The van der Waals surface area contributed by atoms with Crippen LogP contribution in [0.3, 0.4) is 0 Å². The van der Waals surface area contributed by atoms with E-state index < -0.39 is 18.0 Å². The van der Waals surface area contributed by atoms with E-state index >= 15 is 0 Å². The lowest BCUT2D eigenvalue weighted by Crippen LogP contribution is -2.52. The van der Waals surface area contributed by atoms with E-state index in [1.165, 1.54) is 5.56 Å². The Morgan fingerprint density at radius 1 is 0.966 bits per heavy atom. The predicted octanol–water partition coefficient (Wildman–Crippen LogP) is 3.10.